The molecule has 0 fully saturated rings. The molecular formula is C10H16N4O2. The lowest BCUT2D eigenvalue weighted by molar-refractivity contribution is 0.0943. The van der Waals surface area contributed by atoms with Crippen molar-refractivity contribution in [1.29, 1.82) is 0 Å². The minimum Gasteiger partial charge on any atom is -0.385 e. The van der Waals surface area contributed by atoms with E-state index in [2.05, 4.69) is 20.6 Å². The Kier molecular flexibility index (Phi) is 5.21. The molecule has 0 aliphatic rings. The summed E-state index contributed by atoms with van der Waals surface area (Å²) >= 11 is 0. The minimum absolute atomic E-state index is 0.216. The van der Waals surface area contributed by atoms with Gasteiger partial charge in [-0.25, -0.2) is 9.97 Å². The number of nitrogens with one attached hydrogen (secondary N) is 2. The van der Waals surface area contributed by atoms with Crippen LogP contribution in [0.15, 0.2) is 12.4 Å². The first-order valence-corrected chi connectivity index (χ1v) is 5.05. The molecular weight excluding hydrogens is 208 g/mol. The van der Waals surface area contributed by atoms with E-state index in [0.717, 1.165) is 6.42 Å². The fourth-order valence-corrected chi connectivity index (χ4v) is 1.08. The molecule has 0 saturated carbocycles. The molecule has 0 aliphatic heterocycles. The van der Waals surface area contributed by atoms with Gasteiger partial charge in [-0.2, -0.15) is 0 Å². The van der Waals surface area contributed by atoms with Gasteiger partial charge in [-0.05, 0) is 6.42 Å². The Bertz CT molecular complexity index is 326. The lowest BCUT2D eigenvalue weighted by Crippen LogP contribution is -2.26. The summed E-state index contributed by atoms with van der Waals surface area (Å²) in [4.78, 5) is 19.5. The molecule has 6 nitrogen and oxygen atoms in total. The molecule has 1 aromatic rings. The second kappa shape index (κ2) is 6.73. The third-order valence-corrected chi connectivity index (χ3v) is 1.95. The lowest BCUT2D eigenvalue weighted by atomic mass is 10.4. The van der Waals surface area contributed by atoms with Gasteiger partial charge in [0, 0.05) is 27.3 Å². The molecule has 1 aromatic heterocycles. The Hall–Kier alpha value is -1.69. The van der Waals surface area contributed by atoms with E-state index in [1.807, 2.05) is 0 Å². The van der Waals surface area contributed by atoms with E-state index in [4.69, 9.17) is 4.74 Å². The number of carbonyl (C=O) groups excluding carboxylic acids is 1. The van der Waals surface area contributed by atoms with Crippen molar-refractivity contribution in [3.8, 4) is 0 Å². The van der Waals surface area contributed by atoms with Crippen molar-refractivity contribution in [2.24, 2.45) is 0 Å². The largest absolute Gasteiger partial charge is 0.385 e. The second-order valence-corrected chi connectivity index (χ2v) is 3.14. The highest BCUT2D eigenvalue weighted by Crippen LogP contribution is 1.99. The maximum absolute atomic E-state index is 11.5. The Labute approximate surface area is 94.4 Å². The zero-order valence-corrected chi connectivity index (χ0v) is 9.49. The van der Waals surface area contributed by atoms with Crippen molar-refractivity contribution in [1.82, 2.24) is 15.3 Å². The SMILES string of the molecule is CNc1cnc(C(=O)NCCCOC)cn1. The van der Waals surface area contributed by atoms with E-state index in [0.29, 0.717) is 24.7 Å². The van der Waals surface area contributed by atoms with Gasteiger partial charge in [0.2, 0.25) is 0 Å². The number of anilines is 1. The van der Waals surface area contributed by atoms with Crippen molar-refractivity contribution in [2.45, 2.75) is 6.42 Å². The Morgan fingerprint density at radius 1 is 1.44 bits per heavy atom. The first-order chi connectivity index (χ1) is 7.77. The number of aromatic nitrogens is 2. The van der Waals surface area contributed by atoms with Gasteiger partial charge in [-0.1, -0.05) is 0 Å². The molecule has 1 rings (SSSR count). The van der Waals surface area contributed by atoms with E-state index in [9.17, 15) is 4.79 Å². The highest BCUT2D eigenvalue weighted by atomic mass is 16.5. The van der Waals surface area contributed by atoms with Crippen molar-refractivity contribution in [3.63, 3.8) is 0 Å². The summed E-state index contributed by atoms with van der Waals surface area (Å²) in [5.41, 5.74) is 0.316. The van der Waals surface area contributed by atoms with E-state index in [1.54, 1.807) is 14.2 Å². The zero-order chi connectivity index (χ0) is 11.8. The Morgan fingerprint density at radius 3 is 2.81 bits per heavy atom. The maximum Gasteiger partial charge on any atom is 0.271 e. The predicted molar refractivity (Wildman–Crippen MR) is 60.4 cm³/mol. The second-order valence-electron chi connectivity index (χ2n) is 3.14. The molecule has 0 aliphatic carbocycles. The van der Waals surface area contributed by atoms with E-state index < -0.39 is 0 Å². The van der Waals surface area contributed by atoms with Crippen LogP contribution in [0.1, 0.15) is 16.9 Å². The summed E-state index contributed by atoms with van der Waals surface area (Å²) in [6.45, 7) is 1.20. The van der Waals surface area contributed by atoms with Crippen LogP contribution in [0.4, 0.5) is 5.82 Å². The lowest BCUT2D eigenvalue weighted by Gasteiger charge is -2.04. The van der Waals surface area contributed by atoms with Crippen LogP contribution in [-0.4, -0.2) is 43.2 Å². The normalized spacial score (nSPS) is 9.88. The molecule has 0 atom stereocenters. The Morgan fingerprint density at radius 2 is 2.25 bits per heavy atom. The van der Waals surface area contributed by atoms with Crippen molar-refractivity contribution in [3.05, 3.63) is 18.1 Å². The van der Waals surface area contributed by atoms with Crippen LogP contribution in [0.2, 0.25) is 0 Å². The van der Waals surface area contributed by atoms with Crippen LogP contribution < -0.4 is 10.6 Å². The number of carbonyl (C=O) groups is 1. The van der Waals surface area contributed by atoms with Gasteiger partial charge in [0.05, 0.1) is 12.4 Å². The van der Waals surface area contributed by atoms with E-state index in [-0.39, 0.29) is 5.91 Å². The molecule has 0 radical (unpaired) electrons. The van der Waals surface area contributed by atoms with Crippen LogP contribution >= 0.6 is 0 Å². The van der Waals surface area contributed by atoms with E-state index >= 15 is 0 Å². The summed E-state index contributed by atoms with van der Waals surface area (Å²) in [5, 5.41) is 5.56. The van der Waals surface area contributed by atoms with Crippen molar-refractivity contribution < 1.29 is 9.53 Å². The molecule has 88 valence electrons. The van der Waals surface area contributed by atoms with Crippen LogP contribution in [0.3, 0.4) is 0 Å². The van der Waals surface area contributed by atoms with Crippen LogP contribution in [-0.2, 0) is 4.74 Å². The number of hydrogen-bond acceptors (Lipinski definition) is 5. The summed E-state index contributed by atoms with van der Waals surface area (Å²) in [6, 6.07) is 0. The molecule has 6 heteroatoms. The average molecular weight is 224 g/mol. The fraction of sp³-hybridized carbons (Fsp3) is 0.500. The summed E-state index contributed by atoms with van der Waals surface area (Å²) in [7, 11) is 3.37. The van der Waals surface area contributed by atoms with Crippen molar-refractivity contribution in [2.75, 3.05) is 32.6 Å². The number of methoxy groups -OCH3 is 1. The first-order valence-electron chi connectivity index (χ1n) is 5.05. The topological polar surface area (TPSA) is 76.1 Å². The molecule has 0 unspecified atom stereocenters. The summed E-state index contributed by atoms with van der Waals surface area (Å²) in [5.74, 6) is 0.419. The van der Waals surface area contributed by atoms with Gasteiger partial charge in [-0.3, -0.25) is 4.79 Å². The minimum atomic E-state index is -0.216. The van der Waals surface area contributed by atoms with Gasteiger partial charge >= 0.3 is 0 Å². The standard InChI is InChI=1S/C10H16N4O2/c1-11-9-7-13-8(6-14-9)10(15)12-4-3-5-16-2/h6-7H,3-5H2,1-2H3,(H,11,14)(H,12,15). The predicted octanol–water partition coefficient (Wildman–Crippen LogP) is 0.285. The number of rotatable bonds is 6. The van der Waals surface area contributed by atoms with Gasteiger partial charge < -0.3 is 15.4 Å². The molecule has 0 bridgehead atoms. The third kappa shape index (κ3) is 3.82. The average Bonchev–Trinajstić information content (AvgIpc) is 2.34. The van der Waals surface area contributed by atoms with Gasteiger partial charge in [0.25, 0.3) is 5.91 Å². The molecule has 1 amide bonds. The van der Waals surface area contributed by atoms with E-state index in [1.165, 1.54) is 12.4 Å². The molecule has 16 heavy (non-hydrogen) atoms. The smallest absolute Gasteiger partial charge is 0.271 e. The van der Waals surface area contributed by atoms with Gasteiger partial charge in [0.15, 0.2) is 0 Å². The van der Waals surface area contributed by atoms with Gasteiger partial charge in [-0.15, -0.1) is 0 Å². The first kappa shape index (κ1) is 12.4. The maximum atomic E-state index is 11.5. The van der Waals surface area contributed by atoms with Crippen LogP contribution in [0, 0.1) is 0 Å². The summed E-state index contributed by atoms with van der Waals surface area (Å²) < 4.78 is 4.87. The highest BCUT2D eigenvalue weighted by molar-refractivity contribution is 5.91. The number of hydrogen-bond donors (Lipinski definition) is 2. The fourth-order valence-electron chi connectivity index (χ4n) is 1.08. The number of amides is 1. The van der Waals surface area contributed by atoms with Gasteiger partial charge in [0.1, 0.15) is 11.5 Å². The number of nitrogens with zero attached hydrogens (tertiary/aromatic N) is 2. The number of ether oxygens (including phenoxy) is 1. The van der Waals surface area contributed by atoms with Crippen LogP contribution in [0.5, 0.6) is 0 Å². The third-order valence-electron chi connectivity index (χ3n) is 1.95. The molecule has 1 heterocycles. The molecule has 2 N–H and O–H groups in total. The monoisotopic (exact) mass is 224 g/mol. The summed E-state index contributed by atoms with van der Waals surface area (Å²) in [6.07, 6.45) is 3.74. The molecule has 0 saturated heterocycles. The Balaban J connectivity index is 2.40. The zero-order valence-electron chi connectivity index (χ0n) is 9.49. The van der Waals surface area contributed by atoms with Crippen LogP contribution in [0.25, 0.3) is 0 Å². The highest BCUT2D eigenvalue weighted by Gasteiger charge is 2.06. The quantitative estimate of drug-likeness (QED) is 0.679. The molecule has 0 aromatic carbocycles. The molecule has 0 spiro atoms. The van der Waals surface area contributed by atoms with Crippen molar-refractivity contribution >= 4 is 11.7 Å².